The summed E-state index contributed by atoms with van der Waals surface area (Å²) in [6.45, 7) is 0. The molecule has 0 saturated heterocycles. The Hall–Kier alpha value is -3.12. The Morgan fingerprint density at radius 2 is 1.19 bits per heavy atom. The van der Waals surface area contributed by atoms with Crippen molar-refractivity contribution in [2.75, 3.05) is 10.6 Å². The van der Waals surface area contributed by atoms with Gasteiger partial charge in [0.15, 0.2) is 11.4 Å². The smallest absolute Gasteiger partial charge is 0.228 e. The molecule has 2 aromatic rings. The summed E-state index contributed by atoms with van der Waals surface area (Å²) in [7, 11) is 0. The molecule has 0 heterocycles. The number of hydrogen-bond donors (Lipinski definition) is 6. The van der Waals surface area contributed by atoms with E-state index in [0.717, 1.165) is 12.8 Å². The van der Waals surface area contributed by atoms with Crippen molar-refractivity contribution in [3.8, 4) is 0 Å². The van der Waals surface area contributed by atoms with E-state index in [0.29, 0.717) is 11.4 Å². The lowest BCUT2D eigenvalue weighted by molar-refractivity contribution is -0.991. The third-order valence-electron chi connectivity index (χ3n) is 6.11. The van der Waals surface area contributed by atoms with E-state index in [4.69, 9.17) is 0 Å². The summed E-state index contributed by atoms with van der Waals surface area (Å²) in [5.41, 5.74) is 0.822. The van der Waals surface area contributed by atoms with Gasteiger partial charge in [0.2, 0.25) is 11.8 Å². The molecular weight excluding hydrogens is 416 g/mol. The summed E-state index contributed by atoms with van der Waals surface area (Å²) in [4.78, 5) is 26.4. The van der Waals surface area contributed by atoms with Crippen molar-refractivity contribution in [2.45, 2.75) is 12.8 Å². The zero-order valence-electron chi connectivity index (χ0n) is 17.0. The minimum Gasteiger partial charge on any atom is -0.595 e. The van der Waals surface area contributed by atoms with Crippen LogP contribution in [0.1, 0.15) is 12.8 Å². The minimum atomic E-state index is -1.10. The van der Waals surface area contributed by atoms with Crippen molar-refractivity contribution < 1.29 is 30.5 Å². The number of quaternary nitrogens is 2. The molecule has 168 valence electrons. The van der Waals surface area contributed by atoms with Crippen LogP contribution in [-0.2, 0) is 9.59 Å². The van der Waals surface area contributed by atoms with E-state index < -0.39 is 22.3 Å². The topological polar surface area (TPSA) is 154 Å². The Bertz CT molecular complexity index is 959. The van der Waals surface area contributed by atoms with Crippen LogP contribution < -0.4 is 21.1 Å². The van der Waals surface area contributed by atoms with E-state index in [1.54, 1.807) is 24.3 Å². The van der Waals surface area contributed by atoms with Gasteiger partial charge in [0, 0.05) is 35.6 Å². The third kappa shape index (κ3) is 4.55. The van der Waals surface area contributed by atoms with Crippen LogP contribution in [0, 0.1) is 34.1 Å². The molecule has 0 aromatic heterocycles. The zero-order valence-corrected chi connectivity index (χ0v) is 17.0. The van der Waals surface area contributed by atoms with Crippen LogP contribution in [0.4, 0.5) is 22.7 Å². The van der Waals surface area contributed by atoms with Gasteiger partial charge in [-0.05, 0) is 36.8 Å². The molecule has 2 aromatic carbocycles. The Balaban J connectivity index is 1.54. The Kier molecular flexibility index (Phi) is 6.33. The normalized spacial score (nSPS) is 25.8. The number of rotatable bonds is 6. The van der Waals surface area contributed by atoms with Gasteiger partial charge in [-0.3, -0.25) is 9.59 Å². The minimum absolute atomic E-state index is 0.0560. The largest absolute Gasteiger partial charge is 0.595 e. The van der Waals surface area contributed by atoms with Crippen LogP contribution in [0.15, 0.2) is 60.7 Å². The number of benzene rings is 2. The van der Waals surface area contributed by atoms with Gasteiger partial charge >= 0.3 is 0 Å². The van der Waals surface area contributed by atoms with E-state index in [1.807, 2.05) is 12.2 Å². The van der Waals surface area contributed by atoms with Gasteiger partial charge in [0.1, 0.15) is 0 Å². The highest BCUT2D eigenvalue weighted by Gasteiger charge is 2.48. The molecule has 0 spiro atoms. The van der Waals surface area contributed by atoms with E-state index in [-0.39, 0.29) is 35.0 Å². The quantitative estimate of drug-likeness (QED) is 0.290. The Morgan fingerprint density at radius 1 is 0.781 bits per heavy atom. The SMILES string of the molecule is O=C(Nc1cccc([NH+]([O-])O)c1)[C@H]1[C@H](C(=O)Nc2cccc([NH+]([O-])O)c2)[C@@H]2C=C[C@@H]1CC2. The molecule has 32 heavy (non-hydrogen) atoms. The van der Waals surface area contributed by atoms with E-state index in [9.17, 15) is 30.4 Å². The summed E-state index contributed by atoms with van der Waals surface area (Å²) in [6, 6.07) is 11.9. The molecule has 6 N–H and O–H groups in total. The average Bonchev–Trinajstić information content (AvgIpc) is 2.79. The van der Waals surface area contributed by atoms with Gasteiger partial charge in [0.05, 0.1) is 11.8 Å². The second kappa shape index (κ2) is 9.17. The molecule has 10 nitrogen and oxygen atoms in total. The second-order valence-electron chi connectivity index (χ2n) is 8.09. The first-order valence-corrected chi connectivity index (χ1v) is 10.3. The van der Waals surface area contributed by atoms with E-state index >= 15 is 0 Å². The fraction of sp³-hybridized carbons (Fsp3) is 0.273. The summed E-state index contributed by atoms with van der Waals surface area (Å²) >= 11 is 0. The summed E-state index contributed by atoms with van der Waals surface area (Å²) < 4.78 is 0. The Morgan fingerprint density at radius 3 is 1.53 bits per heavy atom. The van der Waals surface area contributed by atoms with E-state index in [1.165, 1.54) is 24.3 Å². The number of hydrogen-bond acceptors (Lipinski definition) is 6. The maximum absolute atomic E-state index is 13.2. The average molecular weight is 440 g/mol. The van der Waals surface area contributed by atoms with Gasteiger partial charge in [-0.1, -0.05) is 24.3 Å². The van der Waals surface area contributed by atoms with Crippen molar-refractivity contribution in [1.82, 2.24) is 0 Å². The number of allylic oxidation sites excluding steroid dienone is 2. The molecule has 0 aliphatic heterocycles. The predicted molar refractivity (Wildman–Crippen MR) is 114 cm³/mol. The van der Waals surface area contributed by atoms with Crippen molar-refractivity contribution in [2.24, 2.45) is 23.7 Å². The van der Waals surface area contributed by atoms with Crippen LogP contribution >= 0.6 is 0 Å². The lowest BCUT2D eigenvalue weighted by Gasteiger charge is -2.43. The van der Waals surface area contributed by atoms with Crippen LogP contribution in [-0.4, -0.2) is 22.2 Å². The summed E-state index contributed by atoms with van der Waals surface area (Å²) in [5, 5.41) is 44.1. The van der Waals surface area contributed by atoms with Gasteiger partial charge in [-0.25, -0.2) is 10.4 Å². The van der Waals surface area contributed by atoms with E-state index in [2.05, 4.69) is 10.6 Å². The molecule has 6 atom stereocenters. The summed E-state index contributed by atoms with van der Waals surface area (Å²) in [6.07, 6.45) is 5.52. The number of anilines is 2. The van der Waals surface area contributed by atoms with Crippen molar-refractivity contribution in [3.05, 3.63) is 71.1 Å². The highest BCUT2D eigenvalue weighted by molar-refractivity contribution is 6.00. The highest BCUT2D eigenvalue weighted by Crippen LogP contribution is 2.45. The molecule has 5 rings (SSSR count). The third-order valence-corrected chi connectivity index (χ3v) is 6.11. The molecule has 2 bridgehead atoms. The number of carbonyl (C=O) groups excluding carboxylic acids is 2. The zero-order chi connectivity index (χ0) is 22.8. The monoisotopic (exact) mass is 440 g/mol. The predicted octanol–water partition coefficient (Wildman–Crippen LogP) is 0.899. The van der Waals surface area contributed by atoms with Gasteiger partial charge < -0.3 is 21.0 Å². The first-order chi connectivity index (χ1) is 15.3. The van der Waals surface area contributed by atoms with Crippen molar-refractivity contribution >= 4 is 34.6 Å². The first kappa shape index (κ1) is 22.1. The molecule has 10 heteroatoms. The molecule has 2 unspecified atom stereocenters. The molecule has 1 saturated carbocycles. The Labute approximate surface area is 183 Å². The molecule has 2 amide bonds. The summed E-state index contributed by atoms with van der Waals surface area (Å²) in [5.74, 6) is -2.13. The van der Waals surface area contributed by atoms with Crippen molar-refractivity contribution in [3.63, 3.8) is 0 Å². The maximum Gasteiger partial charge on any atom is 0.228 e. The molecular formula is C22H24N4O6. The van der Waals surface area contributed by atoms with Crippen LogP contribution in [0.3, 0.4) is 0 Å². The lowest BCUT2D eigenvalue weighted by Crippen LogP contribution is -2.99. The lowest BCUT2D eigenvalue weighted by atomic mass is 9.61. The number of amides is 2. The number of nitrogens with one attached hydrogen (secondary N) is 4. The van der Waals surface area contributed by atoms with Gasteiger partial charge in [-0.15, -0.1) is 0 Å². The maximum atomic E-state index is 13.2. The number of fused-ring (bicyclic) bond motifs is 2. The van der Waals surface area contributed by atoms with Gasteiger partial charge in [-0.2, -0.15) is 10.5 Å². The molecule has 1 fully saturated rings. The van der Waals surface area contributed by atoms with Gasteiger partial charge in [0.25, 0.3) is 0 Å². The van der Waals surface area contributed by atoms with Crippen LogP contribution in [0.25, 0.3) is 0 Å². The fourth-order valence-corrected chi connectivity index (χ4v) is 4.62. The standard InChI is InChI=1S/C22H24N4O6/c27-21(23-15-3-1-5-17(11-15)25(29)30)19-13-7-9-14(10-8-13)20(19)22(28)24-16-4-2-6-18(12-16)26(31)32/h1-7,9,11-14,19-20,25-26,29,31H,8,10H2,(H,23,27)(H,24,28)/t13-,14-,19-,20-/m1/s1. The van der Waals surface area contributed by atoms with Crippen LogP contribution in [0.5, 0.6) is 0 Å². The highest BCUT2D eigenvalue weighted by atomic mass is 16.8. The first-order valence-electron chi connectivity index (χ1n) is 10.3. The van der Waals surface area contributed by atoms with Crippen LogP contribution in [0.2, 0.25) is 0 Å². The number of carbonyl (C=O) groups is 2. The molecule has 3 aliphatic rings. The molecule has 3 aliphatic carbocycles. The fourth-order valence-electron chi connectivity index (χ4n) is 4.62. The van der Waals surface area contributed by atoms with Crippen molar-refractivity contribution in [1.29, 1.82) is 0 Å². The second-order valence-corrected chi connectivity index (χ2v) is 8.09. The molecule has 0 radical (unpaired) electrons.